The van der Waals surface area contributed by atoms with Gasteiger partial charge in [0.1, 0.15) is 0 Å². The molecule has 1 aliphatic rings. The van der Waals surface area contributed by atoms with Gasteiger partial charge in [0.2, 0.25) is 5.91 Å². The van der Waals surface area contributed by atoms with E-state index >= 15 is 0 Å². The molecule has 0 aliphatic carbocycles. The van der Waals surface area contributed by atoms with Crippen LogP contribution >= 0.6 is 11.6 Å². The van der Waals surface area contributed by atoms with E-state index in [4.69, 9.17) is 11.6 Å². The first-order valence-corrected chi connectivity index (χ1v) is 10.8. The van der Waals surface area contributed by atoms with Crippen LogP contribution in [0.4, 0.5) is 24.5 Å². The summed E-state index contributed by atoms with van der Waals surface area (Å²) in [6.45, 7) is 4.26. The zero-order valence-electron chi connectivity index (χ0n) is 18.0. The molecule has 0 radical (unpaired) electrons. The molecule has 170 valence electrons. The lowest BCUT2D eigenvalue weighted by molar-refractivity contribution is -0.137. The number of carbonyl (C=O) groups excluding carboxylic acids is 1. The first-order valence-electron chi connectivity index (χ1n) is 10.4. The van der Waals surface area contributed by atoms with Gasteiger partial charge in [0.25, 0.3) is 0 Å². The standard InChI is InChI=1S/C25H21ClF3N3O/c1-14(2)8-18-10-16(6-7-30-18)15-4-3-5-17(9-15)21-13-24(33)32-22-11-19(25(27,28)29)20(26)12-23(22)31-21/h3-7,9-12,14H,8,13H2,1-2H3,(H,32,33). The van der Waals surface area contributed by atoms with Crippen LogP contribution in [0.5, 0.6) is 0 Å². The quantitative estimate of drug-likeness (QED) is 0.442. The predicted molar refractivity (Wildman–Crippen MR) is 124 cm³/mol. The minimum absolute atomic E-state index is 0.0182. The fourth-order valence-electron chi connectivity index (χ4n) is 3.74. The lowest BCUT2D eigenvalue weighted by atomic mass is 9.98. The van der Waals surface area contributed by atoms with Crippen molar-refractivity contribution in [2.75, 3.05) is 5.32 Å². The molecule has 1 aromatic heterocycles. The highest BCUT2D eigenvalue weighted by Gasteiger charge is 2.34. The van der Waals surface area contributed by atoms with E-state index in [1.54, 1.807) is 6.20 Å². The van der Waals surface area contributed by atoms with Crippen molar-refractivity contribution in [3.05, 3.63) is 76.6 Å². The molecule has 0 fully saturated rings. The summed E-state index contributed by atoms with van der Waals surface area (Å²) in [5.41, 5.74) is 3.20. The molecule has 0 saturated heterocycles. The Morgan fingerprint density at radius 1 is 1.06 bits per heavy atom. The lowest BCUT2D eigenvalue weighted by Crippen LogP contribution is -2.15. The summed E-state index contributed by atoms with van der Waals surface area (Å²) in [5.74, 6) is 0.0270. The van der Waals surface area contributed by atoms with Crippen LogP contribution in [-0.2, 0) is 17.4 Å². The van der Waals surface area contributed by atoms with Crippen LogP contribution in [0.25, 0.3) is 11.1 Å². The maximum Gasteiger partial charge on any atom is 0.417 e. The minimum atomic E-state index is -4.64. The number of amides is 1. The topological polar surface area (TPSA) is 54.4 Å². The second-order valence-corrected chi connectivity index (χ2v) is 8.75. The van der Waals surface area contributed by atoms with Gasteiger partial charge in [0.05, 0.1) is 34.1 Å². The summed E-state index contributed by atoms with van der Waals surface area (Å²) in [4.78, 5) is 21.4. The van der Waals surface area contributed by atoms with Gasteiger partial charge in [-0.1, -0.05) is 43.6 Å². The first kappa shape index (κ1) is 23.0. The number of rotatable bonds is 4. The van der Waals surface area contributed by atoms with Gasteiger partial charge in [-0.2, -0.15) is 13.2 Å². The number of alkyl halides is 3. The number of nitrogens with one attached hydrogen (secondary N) is 1. The van der Waals surface area contributed by atoms with Crippen LogP contribution in [-0.4, -0.2) is 16.6 Å². The Morgan fingerprint density at radius 2 is 1.79 bits per heavy atom. The smallest absolute Gasteiger partial charge is 0.324 e. The molecular weight excluding hydrogens is 451 g/mol. The third-order valence-corrected chi connectivity index (χ3v) is 5.52. The highest BCUT2D eigenvalue weighted by Crippen LogP contribution is 2.41. The van der Waals surface area contributed by atoms with Crippen LogP contribution in [0.15, 0.2) is 59.7 Å². The largest absolute Gasteiger partial charge is 0.417 e. The molecule has 0 atom stereocenters. The number of aromatic nitrogens is 1. The molecule has 4 nitrogen and oxygen atoms in total. The van der Waals surface area contributed by atoms with E-state index in [-0.39, 0.29) is 17.8 Å². The van der Waals surface area contributed by atoms with Crippen molar-refractivity contribution in [3.63, 3.8) is 0 Å². The molecule has 33 heavy (non-hydrogen) atoms. The molecular formula is C25H21ClF3N3O. The van der Waals surface area contributed by atoms with Crippen LogP contribution < -0.4 is 5.32 Å². The number of nitrogens with zero attached hydrogens (tertiary/aromatic N) is 2. The fraction of sp³-hybridized carbons (Fsp3) is 0.240. The van der Waals surface area contributed by atoms with Gasteiger partial charge in [-0.05, 0) is 59.4 Å². The fourth-order valence-corrected chi connectivity index (χ4v) is 4.00. The number of pyridine rings is 1. The number of halogens is 4. The number of anilines is 1. The van der Waals surface area contributed by atoms with E-state index in [9.17, 15) is 18.0 Å². The second-order valence-electron chi connectivity index (χ2n) is 8.35. The average Bonchev–Trinajstić information content (AvgIpc) is 2.90. The summed E-state index contributed by atoms with van der Waals surface area (Å²) >= 11 is 5.88. The zero-order chi connectivity index (χ0) is 23.8. The first-order chi connectivity index (χ1) is 15.6. The van der Waals surface area contributed by atoms with Crippen LogP contribution in [0.3, 0.4) is 0 Å². The highest BCUT2D eigenvalue weighted by molar-refractivity contribution is 6.32. The van der Waals surface area contributed by atoms with Crippen molar-refractivity contribution in [1.82, 2.24) is 4.98 Å². The summed E-state index contributed by atoms with van der Waals surface area (Å²) < 4.78 is 39.7. The molecule has 0 spiro atoms. The number of fused-ring (bicyclic) bond motifs is 1. The Bertz CT molecular complexity index is 1250. The number of hydrogen-bond donors (Lipinski definition) is 1. The Kier molecular flexibility index (Phi) is 6.26. The van der Waals surface area contributed by atoms with E-state index in [1.165, 1.54) is 0 Å². The minimum Gasteiger partial charge on any atom is -0.324 e. The molecule has 2 aromatic carbocycles. The Hall–Kier alpha value is -3.19. The molecule has 0 unspecified atom stereocenters. The number of hydrogen-bond acceptors (Lipinski definition) is 3. The van der Waals surface area contributed by atoms with Crippen molar-refractivity contribution in [2.45, 2.75) is 32.9 Å². The molecule has 1 aliphatic heterocycles. The highest BCUT2D eigenvalue weighted by atomic mass is 35.5. The van der Waals surface area contributed by atoms with Gasteiger partial charge < -0.3 is 5.32 Å². The molecule has 8 heteroatoms. The normalized spacial score (nSPS) is 13.9. The van der Waals surface area contributed by atoms with E-state index < -0.39 is 22.7 Å². The maximum absolute atomic E-state index is 13.2. The van der Waals surface area contributed by atoms with Crippen molar-refractivity contribution in [1.29, 1.82) is 0 Å². The molecule has 1 N–H and O–H groups in total. The summed E-state index contributed by atoms with van der Waals surface area (Å²) in [6, 6.07) is 13.5. The van der Waals surface area contributed by atoms with Gasteiger partial charge in [0, 0.05) is 11.9 Å². The van der Waals surface area contributed by atoms with Crippen LogP contribution in [0.2, 0.25) is 5.02 Å². The van der Waals surface area contributed by atoms with Gasteiger partial charge in [-0.25, -0.2) is 0 Å². The van der Waals surface area contributed by atoms with E-state index in [0.29, 0.717) is 17.2 Å². The number of carbonyl (C=O) groups is 1. The van der Waals surface area contributed by atoms with E-state index in [2.05, 4.69) is 29.1 Å². The number of benzene rings is 2. The maximum atomic E-state index is 13.2. The zero-order valence-corrected chi connectivity index (χ0v) is 18.8. The van der Waals surface area contributed by atoms with Crippen LogP contribution in [0, 0.1) is 5.92 Å². The average molecular weight is 472 g/mol. The number of aliphatic imine (C=N–C) groups is 1. The van der Waals surface area contributed by atoms with Gasteiger partial charge in [0.15, 0.2) is 0 Å². The van der Waals surface area contributed by atoms with Crippen molar-refractivity contribution < 1.29 is 18.0 Å². The Balaban J connectivity index is 1.74. The van der Waals surface area contributed by atoms with E-state index in [1.807, 2.05) is 36.4 Å². The second kappa shape index (κ2) is 8.98. The monoisotopic (exact) mass is 471 g/mol. The van der Waals surface area contributed by atoms with Crippen molar-refractivity contribution in [3.8, 4) is 11.1 Å². The Labute approximate surface area is 194 Å². The predicted octanol–water partition coefficient (Wildman–Crippen LogP) is 7.08. The van der Waals surface area contributed by atoms with Crippen molar-refractivity contribution in [2.24, 2.45) is 10.9 Å². The molecule has 2 heterocycles. The summed E-state index contributed by atoms with van der Waals surface area (Å²) in [6.07, 6.45) is -2.08. The van der Waals surface area contributed by atoms with Crippen molar-refractivity contribution >= 4 is 34.6 Å². The van der Waals surface area contributed by atoms with Gasteiger partial charge in [-0.3, -0.25) is 14.8 Å². The summed E-state index contributed by atoms with van der Waals surface area (Å²) in [5, 5.41) is 2.04. The third kappa shape index (κ3) is 5.25. The van der Waals surface area contributed by atoms with Gasteiger partial charge in [-0.15, -0.1) is 0 Å². The Morgan fingerprint density at radius 3 is 2.52 bits per heavy atom. The molecule has 4 rings (SSSR count). The molecule has 0 bridgehead atoms. The third-order valence-electron chi connectivity index (χ3n) is 5.21. The summed E-state index contributed by atoms with van der Waals surface area (Å²) in [7, 11) is 0. The molecule has 0 saturated carbocycles. The van der Waals surface area contributed by atoms with Gasteiger partial charge >= 0.3 is 6.18 Å². The lowest BCUT2D eigenvalue weighted by Gasteiger charge is -2.12. The van der Waals surface area contributed by atoms with Crippen LogP contribution in [0.1, 0.15) is 37.1 Å². The molecule has 3 aromatic rings. The molecule has 1 amide bonds. The van der Waals surface area contributed by atoms with E-state index in [0.717, 1.165) is 35.4 Å². The SMILES string of the molecule is CC(C)Cc1cc(-c2cccc(C3=Nc4cc(Cl)c(C(F)(F)F)cc4NC(=O)C3)c2)ccn1.